The molecule has 2 N–H and O–H groups in total. The number of imidazole rings is 1. The van der Waals surface area contributed by atoms with Crippen molar-refractivity contribution in [2.75, 3.05) is 13.7 Å². The van der Waals surface area contributed by atoms with E-state index in [4.69, 9.17) is 4.74 Å². The van der Waals surface area contributed by atoms with Gasteiger partial charge in [0.15, 0.2) is 0 Å². The van der Waals surface area contributed by atoms with Crippen LogP contribution in [0.25, 0.3) is 11.4 Å². The molecule has 1 saturated carbocycles. The Morgan fingerprint density at radius 2 is 2.00 bits per heavy atom. The number of ether oxygens (including phenoxy) is 1. The van der Waals surface area contributed by atoms with Crippen molar-refractivity contribution in [2.45, 2.75) is 50.6 Å². The van der Waals surface area contributed by atoms with Crippen molar-refractivity contribution >= 4 is 11.8 Å². The van der Waals surface area contributed by atoms with Crippen LogP contribution in [-0.4, -0.2) is 41.1 Å². The van der Waals surface area contributed by atoms with E-state index in [9.17, 15) is 9.59 Å². The topological polar surface area (TPSA) is 85.2 Å². The lowest BCUT2D eigenvalue weighted by atomic mass is 9.95. The number of carbonyl (C=O) groups is 2. The molecule has 1 aromatic carbocycles. The summed E-state index contributed by atoms with van der Waals surface area (Å²) in [6, 6.07) is 7.69. The Bertz CT molecular complexity index is 853. The van der Waals surface area contributed by atoms with E-state index in [-0.39, 0.29) is 23.9 Å². The highest BCUT2D eigenvalue weighted by Gasteiger charge is 2.30. The number of fused-ring (bicyclic) bond motifs is 1. The summed E-state index contributed by atoms with van der Waals surface area (Å²) in [5, 5.41) is 6.05. The van der Waals surface area contributed by atoms with Gasteiger partial charge in [0.05, 0.1) is 19.3 Å². The van der Waals surface area contributed by atoms with Gasteiger partial charge in [-0.25, -0.2) is 4.98 Å². The minimum absolute atomic E-state index is 0.0355. The van der Waals surface area contributed by atoms with Crippen LogP contribution in [0.1, 0.15) is 55.1 Å². The third-order valence-electron chi connectivity index (χ3n) is 5.63. The van der Waals surface area contributed by atoms with E-state index in [1.54, 1.807) is 13.3 Å². The highest BCUT2D eigenvalue weighted by Crippen LogP contribution is 2.29. The molecule has 7 heteroatoms. The van der Waals surface area contributed by atoms with Gasteiger partial charge in [-0.05, 0) is 37.1 Å². The number of amides is 2. The maximum Gasteiger partial charge on any atom is 0.269 e. The van der Waals surface area contributed by atoms with E-state index >= 15 is 0 Å². The number of benzene rings is 1. The number of carbonyl (C=O) groups excluding carboxylic acids is 2. The van der Waals surface area contributed by atoms with E-state index in [1.807, 2.05) is 28.8 Å². The summed E-state index contributed by atoms with van der Waals surface area (Å²) in [6.45, 7) is 0.420. The van der Waals surface area contributed by atoms with Crippen molar-refractivity contribution in [3.05, 3.63) is 36.2 Å². The second-order valence-corrected chi connectivity index (χ2v) is 7.54. The zero-order valence-corrected chi connectivity index (χ0v) is 16.1. The molecular formula is C21H26N4O3. The van der Waals surface area contributed by atoms with Crippen LogP contribution in [0.4, 0.5) is 0 Å². The van der Waals surface area contributed by atoms with Crippen LogP contribution in [0, 0.1) is 0 Å². The number of hydrogen-bond acceptors (Lipinski definition) is 4. The number of rotatable bonds is 5. The van der Waals surface area contributed by atoms with E-state index in [0.717, 1.165) is 24.2 Å². The SMILES string of the molecule is COc1ccc(-c2ncc3n2C(CC(=O)NC2CCCCC2)CNC3=O)cc1. The summed E-state index contributed by atoms with van der Waals surface area (Å²) in [6.07, 6.45) is 7.63. The molecule has 2 aliphatic rings. The van der Waals surface area contributed by atoms with Crippen molar-refractivity contribution in [1.29, 1.82) is 0 Å². The summed E-state index contributed by atoms with van der Waals surface area (Å²) in [5.41, 5.74) is 1.38. The number of aromatic nitrogens is 2. The van der Waals surface area contributed by atoms with Gasteiger partial charge in [0.2, 0.25) is 5.91 Å². The summed E-state index contributed by atoms with van der Waals surface area (Å²) >= 11 is 0. The van der Waals surface area contributed by atoms with Gasteiger partial charge in [-0.1, -0.05) is 19.3 Å². The quantitative estimate of drug-likeness (QED) is 0.833. The van der Waals surface area contributed by atoms with Crippen molar-refractivity contribution in [3.8, 4) is 17.1 Å². The molecule has 1 fully saturated rings. The predicted octanol–water partition coefficient (Wildman–Crippen LogP) is 2.68. The first kappa shape index (κ1) is 18.5. The van der Waals surface area contributed by atoms with Gasteiger partial charge >= 0.3 is 0 Å². The molecular weight excluding hydrogens is 356 g/mol. The second kappa shape index (κ2) is 8.04. The standard InChI is InChI=1S/C21H26N4O3/c1-28-17-9-7-14(8-10-17)20-22-13-18-21(27)23-12-16(25(18)20)11-19(26)24-15-5-3-2-4-6-15/h7-10,13,15-16H,2-6,11-12H2,1H3,(H,23,27)(H,24,26). The summed E-state index contributed by atoms with van der Waals surface area (Å²) in [7, 11) is 1.62. The monoisotopic (exact) mass is 382 g/mol. The fourth-order valence-corrected chi connectivity index (χ4v) is 4.16. The molecule has 1 aliphatic heterocycles. The third-order valence-corrected chi connectivity index (χ3v) is 5.63. The first-order valence-corrected chi connectivity index (χ1v) is 9.95. The molecule has 0 spiro atoms. The Morgan fingerprint density at radius 1 is 1.25 bits per heavy atom. The number of nitrogens with zero attached hydrogens (tertiary/aromatic N) is 2. The molecule has 0 bridgehead atoms. The summed E-state index contributed by atoms with van der Waals surface area (Å²) < 4.78 is 7.12. The van der Waals surface area contributed by atoms with Gasteiger partial charge in [0.25, 0.3) is 5.91 Å². The van der Waals surface area contributed by atoms with Gasteiger partial charge in [-0.15, -0.1) is 0 Å². The lowest BCUT2D eigenvalue weighted by Crippen LogP contribution is -2.43. The molecule has 28 heavy (non-hydrogen) atoms. The maximum absolute atomic E-state index is 12.6. The molecule has 1 atom stereocenters. The van der Waals surface area contributed by atoms with Crippen LogP contribution in [0.2, 0.25) is 0 Å². The average Bonchev–Trinajstić information content (AvgIpc) is 3.17. The average molecular weight is 382 g/mol. The molecule has 2 heterocycles. The molecule has 2 amide bonds. The van der Waals surface area contributed by atoms with E-state index < -0.39 is 0 Å². The fourth-order valence-electron chi connectivity index (χ4n) is 4.16. The zero-order valence-electron chi connectivity index (χ0n) is 16.1. The minimum Gasteiger partial charge on any atom is -0.497 e. The molecule has 7 nitrogen and oxygen atoms in total. The van der Waals surface area contributed by atoms with Gasteiger partial charge in [0, 0.05) is 24.6 Å². The maximum atomic E-state index is 12.6. The minimum atomic E-state index is -0.157. The highest BCUT2D eigenvalue weighted by molar-refractivity contribution is 5.94. The van der Waals surface area contributed by atoms with Crippen molar-refractivity contribution in [2.24, 2.45) is 0 Å². The summed E-state index contributed by atoms with van der Waals surface area (Å²) in [5.74, 6) is 1.34. The zero-order chi connectivity index (χ0) is 19.5. The van der Waals surface area contributed by atoms with Crippen LogP contribution < -0.4 is 15.4 Å². The van der Waals surface area contributed by atoms with Gasteiger partial charge < -0.3 is 19.9 Å². The molecule has 4 rings (SSSR count). The normalized spacial score (nSPS) is 19.6. The first-order valence-electron chi connectivity index (χ1n) is 9.95. The number of nitrogens with one attached hydrogen (secondary N) is 2. The molecule has 2 aromatic rings. The van der Waals surface area contributed by atoms with Crippen molar-refractivity contribution < 1.29 is 14.3 Å². The van der Waals surface area contributed by atoms with Crippen LogP contribution in [-0.2, 0) is 4.79 Å². The number of hydrogen-bond donors (Lipinski definition) is 2. The molecule has 148 valence electrons. The molecule has 0 radical (unpaired) electrons. The van der Waals surface area contributed by atoms with Crippen LogP contribution in [0.3, 0.4) is 0 Å². The Balaban J connectivity index is 1.56. The van der Waals surface area contributed by atoms with E-state index in [1.165, 1.54) is 19.3 Å². The largest absolute Gasteiger partial charge is 0.497 e. The highest BCUT2D eigenvalue weighted by atomic mass is 16.5. The molecule has 1 aliphatic carbocycles. The van der Waals surface area contributed by atoms with Crippen molar-refractivity contribution in [1.82, 2.24) is 20.2 Å². The van der Waals surface area contributed by atoms with E-state index in [0.29, 0.717) is 24.5 Å². The smallest absolute Gasteiger partial charge is 0.269 e. The lowest BCUT2D eigenvalue weighted by molar-refractivity contribution is -0.122. The fraction of sp³-hybridized carbons (Fsp3) is 0.476. The predicted molar refractivity (Wildman–Crippen MR) is 105 cm³/mol. The van der Waals surface area contributed by atoms with Crippen molar-refractivity contribution in [3.63, 3.8) is 0 Å². The van der Waals surface area contributed by atoms with Gasteiger partial charge in [-0.3, -0.25) is 9.59 Å². The third kappa shape index (κ3) is 3.74. The van der Waals surface area contributed by atoms with Crippen LogP contribution >= 0.6 is 0 Å². The molecule has 1 unspecified atom stereocenters. The Labute approximate surface area is 164 Å². The number of methoxy groups -OCH3 is 1. The van der Waals surface area contributed by atoms with Crippen LogP contribution in [0.15, 0.2) is 30.5 Å². The van der Waals surface area contributed by atoms with Gasteiger partial charge in [0.1, 0.15) is 17.3 Å². The van der Waals surface area contributed by atoms with E-state index in [2.05, 4.69) is 15.6 Å². The van der Waals surface area contributed by atoms with Crippen LogP contribution in [0.5, 0.6) is 5.75 Å². The second-order valence-electron chi connectivity index (χ2n) is 7.54. The van der Waals surface area contributed by atoms with Gasteiger partial charge in [-0.2, -0.15) is 0 Å². The summed E-state index contributed by atoms with van der Waals surface area (Å²) in [4.78, 5) is 29.4. The Hall–Kier alpha value is -2.83. The first-order chi connectivity index (χ1) is 13.7. The molecule has 0 saturated heterocycles. The lowest BCUT2D eigenvalue weighted by Gasteiger charge is -2.29. The molecule has 1 aromatic heterocycles. The Kier molecular flexibility index (Phi) is 5.32. The Morgan fingerprint density at radius 3 is 2.71 bits per heavy atom.